The molecule has 1 aromatic carbocycles. The molecule has 0 heterocycles. The SMILES string of the molecule is CCOC1CC1C(=O)NCCc1ccc(C(=O)O)cc1OC. The Morgan fingerprint density at radius 2 is 2.18 bits per heavy atom. The number of amides is 1. The minimum Gasteiger partial charge on any atom is -0.496 e. The van der Waals surface area contributed by atoms with E-state index in [0.717, 1.165) is 12.0 Å². The standard InChI is InChI=1S/C16H21NO5/c1-3-22-14-9-12(14)15(18)17-7-6-10-4-5-11(16(19)20)8-13(10)21-2/h4-5,8,12,14H,3,6-7,9H2,1-2H3,(H,17,18)(H,19,20). The maximum absolute atomic E-state index is 11.9. The Kier molecular flexibility index (Phi) is 5.38. The van der Waals surface area contributed by atoms with E-state index in [9.17, 15) is 9.59 Å². The van der Waals surface area contributed by atoms with Crippen molar-refractivity contribution in [2.45, 2.75) is 25.9 Å². The van der Waals surface area contributed by atoms with Gasteiger partial charge in [-0.05, 0) is 37.5 Å². The quantitative estimate of drug-likeness (QED) is 0.760. The van der Waals surface area contributed by atoms with Crippen LogP contribution in [0.4, 0.5) is 0 Å². The molecule has 0 radical (unpaired) electrons. The summed E-state index contributed by atoms with van der Waals surface area (Å²) in [4.78, 5) is 22.8. The zero-order chi connectivity index (χ0) is 16.1. The summed E-state index contributed by atoms with van der Waals surface area (Å²) >= 11 is 0. The average molecular weight is 307 g/mol. The molecule has 0 aromatic heterocycles. The van der Waals surface area contributed by atoms with Gasteiger partial charge in [-0.2, -0.15) is 0 Å². The molecular formula is C16H21NO5. The minimum atomic E-state index is -0.992. The molecule has 6 heteroatoms. The van der Waals surface area contributed by atoms with Crippen LogP contribution in [0.2, 0.25) is 0 Å². The predicted octanol–water partition coefficient (Wildman–Crippen LogP) is 1.48. The highest BCUT2D eigenvalue weighted by molar-refractivity contribution is 5.88. The van der Waals surface area contributed by atoms with Crippen molar-refractivity contribution in [1.29, 1.82) is 0 Å². The van der Waals surface area contributed by atoms with Gasteiger partial charge in [0.25, 0.3) is 0 Å². The average Bonchev–Trinajstić information content (AvgIpc) is 3.27. The molecule has 22 heavy (non-hydrogen) atoms. The molecule has 6 nitrogen and oxygen atoms in total. The Morgan fingerprint density at radius 3 is 2.82 bits per heavy atom. The lowest BCUT2D eigenvalue weighted by atomic mass is 10.1. The lowest BCUT2D eigenvalue weighted by molar-refractivity contribution is -0.123. The Bertz CT molecular complexity index is 557. The lowest BCUT2D eigenvalue weighted by Crippen LogP contribution is -2.28. The van der Waals surface area contributed by atoms with Gasteiger partial charge in [0.05, 0.1) is 24.7 Å². The van der Waals surface area contributed by atoms with Gasteiger partial charge in [0.1, 0.15) is 5.75 Å². The van der Waals surface area contributed by atoms with Crippen molar-refractivity contribution in [1.82, 2.24) is 5.32 Å². The second-order valence-corrected chi connectivity index (χ2v) is 5.21. The third kappa shape index (κ3) is 3.98. The number of hydrogen-bond acceptors (Lipinski definition) is 4. The Balaban J connectivity index is 1.84. The van der Waals surface area contributed by atoms with E-state index in [0.29, 0.717) is 25.3 Å². The van der Waals surface area contributed by atoms with Crippen molar-refractivity contribution in [3.63, 3.8) is 0 Å². The number of carbonyl (C=O) groups excluding carboxylic acids is 1. The number of hydrogen-bond donors (Lipinski definition) is 2. The zero-order valence-electron chi connectivity index (χ0n) is 12.8. The topological polar surface area (TPSA) is 84.9 Å². The number of rotatable bonds is 8. The summed E-state index contributed by atoms with van der Waals surface area (Å²) in [6.07, 6.45) is 1.44. The first-order valence-corrected chi connectivity index (χ1v) is 7.36. The largest absolute Gasteiger partial charge is 0.496 e. The van der Waals surface area contributed by atoms with E-state index in [1.807, 2.05) is 6.92 Å². The van der Waals surface area contributed by atoms with Crippen LogP contribution in [0, 0.1) is 5.92 Å². The van der Waals surface area contributed by atoms with Crippen LogP contribution in [0.5, 0.6) is 5.75 Å². The number of ether oxygens (including phenoxy) is 2. The second-order valence-electron chi connectivity index (χ2n) is 5.21. The molecule has 1 aliphatic rings. The summed E-state index contributed by atoms with van der Waals surface area (Å²) < 4.78 is 10.6. The van der Waals surface area contributed by atoms with Gasteiger partial charge < -0.3 is 19.9 Å². The van der Waals surface area contributed by atoms with Crippen LogP contribution in [-0.4, -0.2) is 43.3 Å². The van der Waals surface area contributed by atoms with E-state index in [1.165, 1.54) is 19.2 Å². The zero-order valence-corrected chi connectivity index (χ0v) is 12.8. The van der Waals surface area contributed by atoms with Crippen LogP contribution in [0.25, 0.3) is 0 Å². The van der Waals surface area contributed by atoms with Gasteiger partial charge >= 0.3 is 5.97 Å². The number of carboxylic acids is 1. The fraction of sp³-hybridized carbons (Fsp3) is 0.500. The Hall–Kier alpha value is -2.08. The first-order valence-electron chi connectivity index (χ1n) is 7.36. The van der Waals surface area contributed by atoms with E-state index >= 15 is 0 Å². The smallest absolute Gasteiger partial charge is 0.335 e. The van der Waals surface area contributed by atoms with Gasteiger partial charge in [0.15, 0.2) is 0 Å². The lowest BCUT2D eigenvalue weighted by Gasteiger charge is -2.10. The molecule has 1 aromatic rings. The highest BCUT2D eigenvalue weighted by Crippen LogP contribution is 2.33. The van der Waals surface area contributed by atoms with Gasteiger partial charge in [0.2, 0.25) is 5.91 Å². The molecule has 2 atom stereocenters. The van der Waals surface area contributed by atoms with E-state index in [1.54, 1.807) is 6.07 Å². The number of carboxylic acid groups (broad SMARTS) is 1. The summed E-state index contributed by atoms with van der Waals surface area (Å²) in [5.41, 5.74) is 1.05. The Morgan fingerprint density at radius 1 is 1.41 bits per heavy atom. The van der Waals surface area contributed by atoms with Crippen LogP contribution in [0.15, 0.2) is 18.2 Å². The molecule has 1 aliphatic carbocycles. The predicted molar refractivity (Wildman–Crippen MR) is 80.2 cm³/mol. The van der Waals surface area contributed by atoms with E-state index in [-0.39, 0.29) is 23.5 Å². The molecule has 0 spiro atoms. The minimum absolute atomic E-state index is 0.0135. The second kappa shape index (κ2) is 7.26. The van der Waals surface area contributed by atoms with Gasteiger partial charge in [-0.15, -0.1) is 0 Å². The molecule has 1 saturated carbocycles. The molecule has 1 amide bonds. The first-order chi connectivity index (χ1) is 10.6. The highest BCUT2D eigenvalue weighted by atomic mass is 16.5. The molecule has 120 valence electrons. The molecule has 0 aliphatic heterocycles. The maximum Gasteiger partial charge on any atom is 0.335 e. The van der Waals surface area contributed by atoms with E-state index < -0.39 is 5.97 Å². The van der Waals surface area contributed by atoms with Crippen LogP contribution in [0.1, 0.15) is 29.3 Å². The fourth-order valence-corrected chi connectivity index (χ4v) is 2.38. The Labute approximate surface area is 129 Å². The van der Waals surface area contributed by atoms with Gasteiger partial charge in [-0.1, -0.05) is 6.07 Å². The monoisotopic (exact) mass is 307 g/mol. The number of benzene rings is 1. The van der Waals surface area contributed by atoms with E-state index in [2.05, 4.69) is 5.32 Å². The van der Waals surface area contributed by atoms with Crippen molar-refractivity contribution in [3.8, 4) is 5.75 Å². The number of aromatic carboxylic acids is 1. The van der Waals surface area contributed by atoms with Crippen molar-refractivity contribution < 1.29 is 24.2 Å². The van der Waals surface area contributed by atoms with Gasteiger partial charge in [-0.25, -0.2) is 4.79 Å². The summed E-state index contributed by atoms with van der Waals surface area (Å²) in [5, 5.41) is 11.8. The van der Waals surface area contributed by atoms with Crippen LogP contribution < -0.4 is 10.1 Å². The summed E-state index contributed by atoms with van der Waals surface area (Å²) in [6, 6.07) is 4.74. The molecule has 0 saturated heterocycles. The molecular weight excluding hydrogens is 286 g/mol. The number of methoxy groups -OCH3 is 1. The molecule has 0 bridgehead atoms. The van der Waals surface area contributed by atoms with Crippen molar-refractivity contribution in [3.05, 3.63) is 29.3 Å². The molecule has 2 N–H and O–H groups in total. The third-order valence-corrected chi connectivity index (χ3v) is 3.68. The number of nitrogens with one attached hydrogen (secondary N) is 1. The molecule has 1 fully saturated rings. The van der Waals surface area contributed by atoms with Gasteiger partial charge in [-0.3, -0.25) is 4.79 Å². The summed E-state index contributed by atoms with van der Waals surface area (Å²) in [7, 11) is 1.50. The molecule has 2 rings (SSSR count). The van der Waals surface area contributed by atoms with Crippen LogP contribution in [0.3, 0.4) is 0 Å². The van der Waals surface area contributed by atoms with Crippen LogP contribution >= 0.6 is 0 Å². The van der Waals surface area contributed by atoms with E-state index in [4.69, 9.17) is 14.6 Å². The van der Waals surface area contributed by atoms with Crippen LogP contribution in [-0.2, 0) is 16.0 Å². The van der Waals surface area contributed by atoms with Crippen molar-refractivity contribution in [2.75, 3.05) is 20.3 Å². The fourth-order valence-electron chi connectivity index (χ4n) is 2.38. The number of carbonyl (C=O) groups is 2. The summed E-state index contributed by atoms with van der Waals surface area (Å²) in [5.74, 6) is -0.488. The van der Waals surface area contributed by atoms with Crippen molar-refractivity contribution >= 4 is 11.9 Å². The summed E-state index contributed by atoms with van der Waals surface area (Å²) in [6.45, 7) is 3.03. The van der Waals surface area contributed by atoms with Gasteiger partial charge in [0, 0.05) is 13.2 Å². The van der Waals surface area contributed by atoms with Crippen molar-refractivity contribution in [2.24, 2.45) is 5.92 Å². The normalized spacial score (nSPS) is 19.5. The maximum atomic E-state index is 11.9. The third-order valence-electron chi connectivity index (χ3n) is 3.68. The first kappa shape index (κ1) is 16.3. The molecule has 2 unspecified atom stereocenters. The highest BCUT2D eigenvalue weighted by Gasteiger charge is 2.43.